The molecule has 3 heterocycles. The van der Waals surface area contributed by atoms with Gasteiger partial charge >= 0.3 is 0 Å². The number of benzene rings is 1. The van der Waals surface area contributed by atoms with Crippen LogP contribution in [-0.4, -0.2) is 33.2 Å². The van der Waals surface area contributed by atoms with Crippen LogP contribution in [0.5, 0.6) is 0 Å². The molecule has 1 aliphatic rings. The molecule has 1 aromatic carbocycles. The third-order valence-corrected chi connectivity index (χ3v) is 5.59. The molecule has 1 atom stereocenters. The van der Waals surface area contributed by atoms with Gasteiger partial charge in [-0.1, -0.05) is 25.1 Å². The van der Waals surface area contributed by atoms with Crippen LogP contribution in [0.25, 0.3) is 0 Å². The quantitative estimate of drug-likeness (QED) is 0.537. The van der Waals surface area contributed by atoms with Crippen molar-refractivity contribution in [2.45, 2.75) is 32.9 Å². The van der Waals surface area contributed by atoms with Crippen LogP contribution in [-0.2, 0) is 13.0 Å². The summed E-state index contributed by atoms with van der Waals surface area (Å²) in [6.45, 7) is 0.839. The number of fused-ring (bicyclic) bond motifs is 1. The molecular formula is C23H23ClF2N6O. The number of rotatable bonds is 6. The number of aliphatic hydroxyl groups excluding tert-OH is 1. The van der Waals surface area contributed by atoms with Gasteiger partial charge in [-0.25, -0.2) is 18.7 Å². The van der Waals surface area contributed by atoms with Crippen LogP contribution in [0.2, 0.25) is 5.02 Å². The summed E-state index contributed by atoms with van der Waals surface area (Å²) in [5.74, 6) is 0.532. The first-order chi connectivity index (χ1) is 15.5. The Bertz CT molecular complexity index is 1150. The Morgan fingerprint density at radius 3 is 2.70 bits per heavy atom. The van der Waals surface area contributed by atoms with Crippen molar-refractivity contribution in [3.63, 3.8) is 0 Å². The maximum Gasteiger partial charge on any atom is 0.280 e. The van der Waals surface area contributed by atoms with Crippen molar-refractivity contribution in [1.82, 2.24) is 15.0 Å². The average molecular weight is 473 g/mol. The third kappa shape index (κ3) is 5.18. The topological polar surface area (TPSA) is 98.0 Å². The first-order valence-corrected chi connectivity index (χ1v) is 10.3. The van der Waals surface area contributed by atoms with Crippen LogP contribution >= 0.6 is 11.6 Å². The molecule has 0 bridgehead atoms. The molecule has 0 radical (unpaired) electrons. The fraction of sp³-hybridized carbons (Fsp3) is 0.304. The summed E-state index contributed by atoms with van der Waals surface area (Å²) in [7, 11) is 0. The van der Waals surface area contributed by atoms with E-state index in [1.165, 1.54) is 24.7 Å². The van der Waals surface area contributed by atoms with Gasteiger partial charge in [-0.2, -0.15) is 5.26 Å². The molecule has 0 saturated carbocycles. The van der Waals surface area contributed by atoms with E-state index in [2.05, 4.69) is 31.2 Å². The Kier molecular flexibility index (Phi) is 7.74. The third-order valence-electron chi connectivity index (χ3n) is 5.35. The monoisotopic (exact) mass is 472 g/mol. The van der Waals surface area contributed by atoms with Crippen LogP contribution in [0.15, 0.2) is 42.9 Å². The van der Waals surface area contributed by atoms with Crippen molar-refractivity contribution in [2.75, 3.05) is 23.4 Å². The van der Waals surface area contributed by atoms with Crippen LogP contribution in [0, 0.1) is 11.3 Å². The highest BCUT2D eigenvalue weighted by molar-refractivity contribution is 6.30. The number of anilines is 2. The normalized spacial score (nSPS) is 13.6. The summed E-state index contributed by atoms with van der Waals surface area (Å²) in [5.41, 5.74) is 3.19. The Balaban J connectivity index is 0.00000306. The zero-order chi connectivity index (χ0) is 22.7. The van der Waals surface area contributed by atoms with E-state index in [0.717, 1.165) is 16.9 Å². The fourth-order valence-electron chi connectivity index (χ4n) is 3.70. The fourth-order valence-corrected chi connectivity index (χ4v) is 3.87. The summed E-state index contributed by atoms with van der Waals surface area (Å²) in [6.07, 6.45) is 0.763. The van der Waals surface area contributed by atoms with Crippen LogP contribution in [0.4, 0.5) is 20.3 Å². The van der Waals surface area contributed by atoms with Crippen molar-refractivity contribution >= 4 is 23.1 Å². The molecule has 2 aromatic heterocycles. The molecule has 10 heteroatoms. The number of hydrogen-bond donors (Lipinski definition) is 2. The van der Waals surface area contributed by atoms with Crippen molar-refractivity contribution < 1.29 is 13.9 Å². The Morgan fingerprint density at radius 2 is 2.03 bits per heavy atom. The minimum atomic E-state index is -2.66. The van der Waals surface area contributed by atoms with Gasteiger partial charge in [0.05, 0.1) is 29.6 Å². The zero-order valence-corrected chi connectivity index (χ0v) is 17.6. The number of pyridine rings is 1. The molecule has 1 aliphatic heterocycles. The van der Waals surface area contributed by atoms with Crippen molar-refractivity contribution in [3.8, 4) is 6.07 Å². The molecule has 0 amide bonds. The molecule has 0 saturated heterocycles. The summed E-state index contributed by atoms with van der Waals surface area (Å²) < 4.78 is 25.6. The first kappa shape index (κ1) is 24.3. The Morgan fingerprint density at radius 1 is 1.21 bits per heavy atom. The standard InChI is InChI=1S/C22H19ClF2N6O.CH4/c23-15-2-4-20(14(7-15)8-26)31-6-5-17-16(10-31)22(29-12-28-17)30-19(11-32)13-1-3-18(21(24)25)27-9-13;/h1-4,7,9,12,19,21,32H,5-6,10-11H2,(H,28,29,30);1H4/t19-;/m1./s1. The number of nitrogens with one attached hydrogen (secondary N) is 1. The van der Waals surface area contributed by atoms with Gasteiger partial charge in [0.2, 0.25) is 0 Å². The van der Waals surface area contributed by atoms with Gasteiger partial charge in [0.25, 0.3) is 6.43 Å². The van der Waals surface area contributed by atoms with Crippen LogP contribution in [0.1, 0.15) is 48.0 Å². The summed E-state index contributed by atoms with van der Waals surface area (Å²) >= 11 is 6.03. The van der Waals surface area contributed by atoms with Gasteiger partial charge in [-0.05, 0) is 29.8 Å². The molecule has 172 valence electrons. The lowest BCUT2D eigenvalue weighted by atomic mass is 10.0. The summed E-state index contributed by atoms with van der Waals surface area (Å²) in [6, 6.07) is 9.53. The minimum absolute atomic E-state index is 0. The van der Waals surface area contributed by atoms with Crippen molar-refractivity contribution in [3.05, 3.63) is 76.0 Å². The number of aromatic nitrogens is 3. The van der Waals surface area contributed by atoms with E-state index < -0.39 is 12.5 Å². The van der Waals surface area contributed by atoms with Crippen molar-refractivity contribution in [2.24, 2.45) is 0 Å². The summed E-state index contributed by atoms with van der Waals surface area (Å²) in [5, 5.41) is 23.1. The smallest absolute Gasteiger partial charge is 0.280 e. The minimum Gasteiger partial charge on any atom is -0.394 e. The number of hydrogen-bond acceptors (Lipinski definition) is 7. The number of alkyl halides is 2. The second kappa shape index (κ2) is 10.5. The number of halogens is 3. The molecule has 4 rings (SSSR count). The molecule has 0 fully saturated rings. The van der Waals surface area contributed by atoms with Gasteiger partial charge in [0.15, 0.2) is 0 Å². The lowest BCUT2D eigenvalue weighted by Gasteiger charge is -2.32. The molecule has 0 aliphatic carbocycles. The molecule has 0 spiro atoms. The average Bonchev–Trinajstić information content (AvgIpc) is 2.82. The Hall–Kier alpha value is -3.35. The van der Waals surface area contributed by atoms with Gasteiger partial charge < -0.3 is 15.3 Å². The predicted octanol–water partition coefficient (Wildman–Crippen LogP) is 4.68. The maximum absolute atomic E-state index is 12.8. The van der Waals surface area contributed by atoms with E-state index in [1.54, 1.807) is 12.1 Å². The summed E-state index contributed by atoms with van der Waals surface area (Å²) in [4.78, 5) is 14.6. The molecular weight excluding hydrogens is 450 g/mol. The van der Waals surface area contributed by atoms with Gasteiger partial charge in [-0.15, -0.1) is 0 Å². The molecule has 7 nitrogen and oxygen atoms in total. The zero-order valence-electron chi connectivity index (χ0n) is 16.8. The van der Waals surface area contributed by atoms with E-state index in [0.29, 0.717) is 41.5 Å². The van der Waals surface area contributed by atoms with Crippen molar-refractivity contribution in [1.29, 1.82) is 5.26 Å². The van der Waals surface area contributed by atoms with E-state index in [4.69, 9.17) is 11.6 Å². The van der Waals surface area contributed by atoms with E-state index in [9.17, 15) is 19.1 Å². The Labute approximate surface area is 195 Å². The van der Waals surface area contributed by atoms with Gasteiger partial charge in [0, 0.05) is 36.3 Å². The second-order valence-corrected chi connectivity index (χ2v) is 7.73. The van der Waals surface area contributed by atoms with Gasteiger partial charge in [0.1, 0.15) is 23.9 Å². The highest BCUT2D eigenvalue weighted by atomic mass is 35.5. The van der Waals surface area contributed by atoms with Crippen LogP contribution in [0.3, 0.4) is 0 Å². The van der Waals surface area contributed by atoms with E-state index >= 15 is 0 Å². The van der Waals surface area contributed by atoms with E-state index in [1.807, 2.05) is 6.07 Å². The van der Waals surface area contributed by atoms with E-state index in [-0.39, 0.29) is 19.7 Å². The lowest BCUT2D eigenvalue weighted by molar-refractivity contribution is 0.146. The number of aliphatic hydroxyl groups is 1. The highest BCUT2D eigenvalue weighted by Gasteiger charge is 2.24. The second-order valence-electron chi connectivity index (χ2n) is 7.29. The molecule has 0 unspecified atom stereocenters. The maximum atomic E-state index is 12.8. The van der Waals surface area contributed by atoms with Crippen LogP contribution < -0.4 is 10.2 Å². The van der Waals surface area contributed by atoms with Gasteiger partial charge in [-0.3, -0.25) is 4.98 Å². The number of nitrogens with zero attached hydrogens (tertiary/aromatic N) is 5. The molecule has 2 N–H and O–H groups in total. The highest BCUT2D eigenvalue weighted by Crippen LogP contribution is 2.32. The predicted molar refractivity (Wildman–Crippen MR) is 122 cm³/mol. The largest absolute Gasteiger partial charge is 0.394 e. The first-order valence-electron chi connectivity index (χ1n) is 9.89. The number of nitriles is 1. The lowest BCUT2D eigenvalue weighted by Crippen LogP contribution is -2.33. The molecule has 33 heavy (non-hydrogen) atoms. The molecule has 3 aromatic rings. The SMILES string of the molecule is C.N#Cc1cc(Cl)ccc1N1CCc2ncnc(N[C@H](CO)c3ccc(C(F)F)nc3)c2C1.